The second kappa shape index (κ2) is 14.3. The van der Waals surface area contributed by atoms with Crippen LogP contribution < -0.4 is 15.1 Å². The van der Waals surface area contributed by atoms with E-state index >= 15 is 4.39 Å². The van der Waals surface area contributed by atoms with Crippen molar-refractivity contribution in [3.63, 3.8) is 0 Å². The Hall–Kier alpha value is -6.28. The molecule has 292 valence electrons. The number of fused-ring (bicyclic) bond motifs is 6. The van der Waals surface area contributed by atoms with E-state index in [2.05, 4.69) is 26.0 Å². The fourth-order valence-electron chi connectivity index (χ4n) is 8.71. The van der Waals surface area contributed by atoms with Crippen molar-refractivity contribution in [3.8, 4) is 23.1 Å². The van der Waals surface area contributed by atoms with E-state index in [9.17, 15) is 14.4 Å². The van der Waals surface area contributed by atoms with Crippen LogP contribution in [0, 0.1) is 35.8 Å². The minimum absolute atomic E-state index is 0.0135. The highest BCUT2D eigenvalue weighted by Crippen LogP contribution is 2.44. The molecule has 0 saturated carbocycles. The molecule has 9 rings (SSSR count). The van der Waals surface area contributed by atoms with E-state index in [4.69, 9.17) is 29.7 Å². The van der Waals surface area contributed by atoms with Crippen molar-refractivity contribution < 1.29 is 18.3 Å². The number of carbonyl (C=O) groups is 1. The maximum atomic E-state index is 15.4. The number of hydrogen-bond donors (Lipinski definition) is 1. The Balaban J connectivity index is 1.21. The Morgan fingerprint density at radius 1 is 1.04 bits per heavy atom. The molecule has 1 unspecified atom stereocenters. The molecule has 1 aromatic carbocycles. The highest BCUT2D eigenvalue weighted by atomic mass is 19.1. The van der Waals surface area contributed by atoms with Crippen LogP contribution in [0.3, 0.4) is 0 Å². The highest BCUT2D eigenvalue weighted by molar-refractivity contribution is 5.93. The zero-order valence-electron chi connectivity index (χ0n) is 32.0. The smallest absolute Gasteiger partial charge is 0.245 e. The van der Waals surface area contributed by atoms with E-state index in [-0.39, 0.29) is 42.8 Å². The summed E-state index contributed by atoms with van der Waals surface area (Å²) in [6.07, 6.45) is 5.51. The summed E-state index contributed by atoms with van der Waals surface area (Å²) >= 11 is 0. The number of halogens is 2. The molecule has 17 heteroatoms. The molecule has 4 bridgehead atoms. The van der Waals surface area contributed by atoms with Crippen molar-refractivity contribution >= 4 is 45.6 Å². The Morgan fingerprint density at radius 2 is 1.86 bits per heavy atom. The number of rotatable bonds is 5. The molecule has 0 aliphatic carbocycles. The number of carbonyl (C=O) groups excluding carboxylic acids is 1. The third-order valence-corrected chi connectivity index (χ3v) is 11.6. The predicted molar refractivity (Wildman–Crippen MR) is 209 cm³/mol. The molecule has 0 spiro atoms. The van der Waals surface area contributed by atoms with Gasteiger partial charge in [0.05, 0.1) is 59.6 Å². The van der Waals surface area contributed by atoms with Gasteiger partial charge in [-0.15, -0.1) is 0 Å². The maximum absolute atomic E-state index is 15.4. The summed E-state index contributed by atoms with van der Waals surface area (Å²) in [5, 5.41) is 18.2. The molecule has 2 saturated heterocycles. The second-order valence-electron chi connectivity index (χ2n) is 15.0. The van der Waals surface area contributed by atoms with E-state index in [1.165, 1.54) is 16.8 Å². The van der Waals surface area contributed by atoms with E-state index in [0.717, 1.165) is 29.3 Å². The molecule has 6 aromatic rings. The molecule has 5 aromatic heterocycles. The standard InChI is InChI=1S/C40H41F2N13O2/c1-5-32-39(56)51(3)19-27(57-4)20-52-22(2)47-31-11-12-44-35(36(31)52)30-7-6-8-34(48-30)45-21-53(32)37-28-18-46-55(33-10-9-24(41)15-29(33)42)38(28)50-40(49-37)54-25-13-23(17-43)14-26(54)16-25/h6-12,15,18,23,25-27,32H,5,13-14,16,19-21H2,1-4H3,(H,45,48)/t23?,25-,26+,27-,32-/m0/s1. The van der Waals surface area contributed by atoms with Gasteiger partial charge in [-0.2, -0.15) is 20.3 Å². The summed E-state index contributed by atoms with van der Waals surface area (Å²) in [4.78, 5) is 45.2. The van der Waals surface area contributed by atoms with Gasteiger partial charge in [0, 0.05) is 45.0 Å². The Labute approximate surface area is 326 Å². The number of aryl methyl sites for hydroxylation is 1. The Bertz CT molecular complexity index is 2560. The number of ether oxygens (including phenoxy) is 1. The number of piperidine rings is 1. The summed E-state index contributed by atoms with van der Waals surface area (Å²) in [7, 11) is 3.40. The van der Waals surface area contributed by atoms with Crippen LogP contribution in [0.2, 0.25) is 0 Å². The van der Waals surface area contributed by atoms with Crippen molar-refractivity contribution in [2.45, 2.75) is 70.3 Å². The normalized spacial score (nSPS) is 22.5. The molecule has 1 amide bonds. The number of nitriles is 1. The zero-order chi connectivity index (χ0) is 39.5. The summed E-state index contributed by atoms with van der Waals surface area (Å²) < 4.78 is 38.9. The SMILES string of the molecule is CC[C@H]1C(=O)N(C)C[C@H](OC)Cn2c(C)nc3ccnc(c32)-c2cccc(n2)NCN1c1nc(N2[C@@H]3CC(C#N)C[C@H]2C3)nc2c1cnn2-c1ccc(F)cc1F. The van der Waals surface area contributed by atoms with Gasteiger partial charge in [0.25, 0.3) is 0 Å². The highest BCUT2D eigenvalue weighted by Gasteiger charge is 2.47. The molecular formula is C40H41F2N13O2. The Morgan fingerprint density at radius 3 is 2.61 bits per heavy atom. The lowest BCUT2D eigenvalue weighted by Crippen LogP contribution is -2.61. The average molecular weight is 774 g/mol. The van der Waals surface area contributed by atoms with E-state index < -0.39 is 23.8 Å². The fourth-order valence-corrected chi connectivity index (χ4v) is 8.71. The number of aromatic nitrogens is 8. The van der Waals surface area contributed by atoms with Gasteiger partial charge in [-0.3, -0.25) is 9.78 Å². The number of nitrogens with zero attached hydrogens (tertiary/aromatic N) is 12. The third-order valence-electron chi connectivity index (χ3n) is 11.6. The largest absolute Gasteiger partial charge is 0.378 e. The van der Waals surface area contributed by atoms with Crippen molar-refractivity contribution in [1.29, 1.82) is 5.26 Å². The van der Waals surface area contributed by atoms with Crippen LogP contribution in [0.4, 0.5) is 26.4 Å². The molecule has 8 heterocycles. The number of pyridine rings is 2. The van der Waals surface area contributed by atoms with Crippen molar-refractivity contribution in [1.82, 2.24) is 44.2 Å². The first kappa shape index (κ1) is 36.4. The third kappa shape index (κ3) is 6.24. The molecular weight excluding hydrogens is 733 g/mol. The van der Waals surface area contributed by atoms with E-state index in [1.54, 1.807) is 31.5 Å². The van der Waals surface area contributed by atoms with Crippen LogP contribution in [0.25, 0.3) is 39.1 Å². The quantitative estimate of drug-likeness (QED) is 0.244. The lowest BCUT2D eigenvalue weighted by Gasteiger charge is -2.54. The van der Waals surface area contributed by atoms with Gasteiger partial charge in [-0.25, -0.2) is 23.4 Å². The number of hydrogen-bond acceptors (Lipinski definition) is 12. The van der Waals surface area contributed by atoms with Gasteiger partial charge in [0.1, 0.15) is 40.7 Å². The van der Waals surface area contributed by atoms with Crippen LogP contribution in [-0.2, 0) is 16.1 Å². The monoisotopic (exact) mass is 773 g/mol. The molecule has 2 fully saturated rings. The van der Waals surface area contributed by atoms with Gasteiger partial charge >= 0.3 is 0 Å². The van der Waals surface area contributed by atoms with Crippen LogP contribution in [0.15, 0.2) is 54.9 Å². The lowest BCUT2D eigenvalue weighted by molar-refractivity contribution is -0.133. The maximum Gasteiger partial charge on any atom is 0.245 e. The minimum atomic E-state index is -0.806. The van der Waals surface area contributed by atoms with Gasteiger partial charge in [0.2, 0.25) is 11.9 Å². The van der Waals surface area contributed by atoms with Crippen LogP contribution in [-0.4, -0.2) is 102 Å². The molecule has 3 aliphatic heterocycles. The fraction of sp³-hybridized carbons (Fsp3) is 0.400. The van der Waals surface area contributed by atoms with Crippen molar-refractivity contribution in [2.75, 3.05) is 42.5 Å². The molecule has 0 radical (unpaired) electrons. The summed E-state index contributed by atoms with van der Waals surface area (Å²) in [5.41, 5.74) is 3.20. The number of amides is 1. The molecule has 3 aliphatic rings. The summed E-state index contributed by atoms with van der Waals surface area (Å²) in [6, 6.07) is 12.6. The van der Waals surface area contributed by atoms with Crippen molar-refractivity contribution in [3.05, 3.63) is 72.3 Å². The van der Waals surface area contributed by atoms with Crippen LogP contribution in [0.5, 0.6) is 0 Å². The van der Waals surface area contributed by atoms with Crippen LogP contribution >= 0.6 is 0 Å². The average Bonchev–Trinajstić information content (AvgIpc) is 3.78. The van der Waals surface area contributed by atoms with E-state index in [1.807, 2.05) is 43.0 Å². The van der Waals surface area contributed by atoms with Gasteiger partial charge < -0.3 is 29.3 Å². The molecule has 5 atom stereocenters. The first-order chi connectivity index (χ1) is 27.6. The molecule has 57 heavy (non-hydrogen) atoms. The number of nitrogens with one attached hydrogen (secondary N) is 1. The summed E-state index contributed by atoms with van der Waals surface area (Å²) in [5.74, 6) is 0.350. The topological polar surface area (TPSA) is 159 Å². The predicted octanol–water partition coefficient (Wildman–Crippen LogP) is 5.23. The number of methoxy groups -OCH3 is 1. The van der Waals surface area contributed by atoms with Crippen LogP contribution in [0.1, 0.15) is 38.4 Å². The summed E-state index contributed by atoms with van der Waals surface area (Å²) in [6.45, 7) is 4.65. The first-order valence-corrected chi connectivity index (χ1v) is 19.1. The zero-order valence-corrected chi connectivity index (χ0v) is 32.0. The number of likely N-dealkylation sites (N-methyl/N-ethyl adjacent to an activating group) is 1. The van der Waals surface area contributed by atoms with Gasteiger partial charge in [-0.1, -0.05) is 13.0 Å². The number of benzene rings is 1. The number of imidazole rings is 1. The Kier molecular flexibility index (Phi) is 9.15. The van der Waals surface area contributed by atoms with Gasteiger partial charge in [0.15, 0.2) is 11.5 Å². The van der Waals surface area contributed by atoms with Gasteiger partial charge in [-0.05, 0) is 62.9 Å². The lowest BCUT2D eigenvalue weighted by atomic mass is 9.74. The first-order valence-electron chi connectivity index (χ1n) is 19.1. The molecule has 15 nitrogen and oxygen atoms in total. The van der Waals surface area contributed by atoms with Crippen molar-refractivity contribution in [2.24, 2.45) is 5.92 Å². The second-order valence-corrected chi connectivity index (χ2v) is 15.0. The minimum Gasteiger partial charge on any atom is -0.378 e. The van der Waals surface area contributed by atoms with E-state index in [0.29, 0.717) is 65.8 Å². The molecule has 1 N–H and O–H groups in total. The number of anilines is 3.